The van der Waals surface area contributed by atoms with Crippen molar-refractivity contribution in [3.8, 4) is 0 Å². The molecule has 6 N–H and O–H groups in total. The first-order valence-corrected chi connectivity index (χ1v) is 9.54. The quantitative estimate of drug-likeness (QED) is 0.422. The number of carbonyl (C=O) groups excluding carboxylic acids is 2. The van der Waals surface area contributed by atoms with Crippen LogP contribution in [0.25, 0.3) is 0 Å². The first-order chi connectivity index (χ1) is 12.8. The lowest BCUT2D eigenvalue weighted by molar-refractivity contribution is -0.120. The van der Waals surface area contributed by atoms with E-state index in [2.05, 4.69) is 12.2 Å². The van der Waals surface area contributed by atoms with Gasteiger partial charge in [0.1, 0.15) is 0 Å². The Labute approximate surface area is 164 Å². The van der Waals surface area contributed by atoms with E-state index in [9.17, 15) is 9.59 Å². The van der Waals surface area contributed by atoms with Gasteiger partial charge in [-0.25, -0.2) is 0 Å². The third kappa shape index (κ3) is 5.82. The number of allylic oxidation sites excluding steroid dienone is 1. The van der Waals surface area contributed by atoms with Crippen LogP contribution in [0.1, 0.15) is 50.6 Å². The van der Waals surface area contributed by atoms with Gasteiger partial charge in [-0.3, -0.25) is 9.59 Å². The molecule has 0 aliphatic heterocycles. The monoisotopic (exact) mass is 390 g/mol. The van der Waals surface area contributed by atoms with Crippen LogP contribution in [0.15, 0.2) is 35.5 Å². The van der Waals surface area contributed by atoms with Crippen LogP contribution in [0.5, 0.6) is 0 Å². The molecule has 0 spiro atoms. The molecule has 0 radical (unpaired) electrons. The minimum atomic E-state index is -0.636. The molecule has 1 aliphatic carbocycles. The van der Waals surface area contributed by atoms with E-state index >= 15 is 0 Å². The van der Waals surface area contributed by atoms with Crippen LogP contribution >= 0.6 is 11.6 Å². The number of nitrogens with two attached hydrogens (primary N) is 2. The number of carbonyl (C=O) groups is 2. The van der Waals surface area contributed by atoms with Crippen molar-refractivity contribution < 1.29 is 9.59 Å². The van der Waals surface area contributed by atoms with E-state index in [-0.39, 0.29) is 17.9 Å². The van der Waals surface area contributed by atoms with Crippen LogP contribution in [0, 0.1) is 17.2 Å². The van der Waals surface area contributed by atoms with E-state index in [4.69, 9.17) is 28.5 Å². The van der Waals surface area contributed by atoms with Crippen molar-refractivity contribution in [2.24, 2.45) is 23.3 Å². The molecule has 2 amide bonds. The average molecular weight is 391 g/mol. The Kier molecular flexibility index (Phi) is 7.42. The van der Waals surface area contributed by atoms with Crippen LogP contribution in [0.3, 0.4) is 0 Å². The topological polar surface area (TPSA) is 122 Å². The lowest BCUT2D eigenvalue weighted by atomic mass is 9.80. The minimum Gasteiger partial charge on any atom is -0.401 e. The molecule has 0 bridgehead atoms. The van der Waals surface area contributed by atoms with Gasteiger partial charge in [-0.05, 0) is 42.4 Å². The average Bonchev–Trinajstić information content (AvgIpc) is 2.62. The zero-order chi connectivity index (χ0) is 20.0. The molecule has 1 aromatic rings. The molecule has 1 aromatic carbocycles. The first kappa shape index (κ1) is 21.0. The normalized spacial score (nSPS) is 21.7. The SMILES string of the molecule is CC1CCC(/C(N)=C(/C=N)C(=O)N[C@@H](CC(N)=O)c2cccc(Cl)c2)CC1. The second kappa shape index (κ2) is 9.55. The van der Waals surface area contributed by atoms with Crippen LogP contribution in [-0.4, -0.2) is 18.0 Å². The van der Waals surface area contributed by atoms with Crippen molar-refractivity contribution >= 4 is 29.6 Å². The summed E-state index contributed by atoms with van der Waals surface area (Å²) in [6.45, 7) is 2.21. The Hall–Kier alpha value is -2.34. The fourth-order valence-electron chi connectivity index (χ4n) is 3.48. The molecule has 1 saturated carbocycles. The molecule has 2 rings (SSSR count). The number of primary amides is 1. The Balaban J connectivity index is 2.22. The maximum Gasteiger partial charge on any atom is 0.255 e. The molecule has 146 valence electrons. The highest BCUT2D eigenvalue weighted by atomic mass is 35.5. The molecule has 7 heteroatoms. The molecule has 1 aliphatic rings. The largest absolute Gasteiger partial charge is 0.401 e. The van der Waals surface area contributed by atoms with E-state index in [1.165, 1.54) is 0 Å². The van der Waals surface area contributed by atoms with Gasteiger partial charge in [0, 0.05) is 16.9 Å². The van der Waals surface area contributed by atoms with Crippen molar-refractivity contribution in [3.05, 3.63) is 46.1 Å². The second-order valence-corrected chi connectivity index (χ2v) is 7.66. The van der Waals surface area contributed by atoms with Gasteiger partial charge < -0.3 is 22.2 Å². The third-order valence-corrected chi connectivity index (χ3v) is 5.35. The number of benzene rings is 1. The van der Waals surface area contributed by atoms with Crippen molar-refractivity contribution in [3.63, 3.8) is 0 Å². The molecule has 1 atom stereocenters. The predicted octanol–water partition coefficient (Wildman–Crippen LogP) is 3.06. The molecular formula is C20H27ClN4O2. The smallest absolute Gasteiger partial charge is 0.255 e. The third-order valence-electron chi connectivity index (χ3n) is 5.12. The zero-order valence-electron chi connectivity index (χ0n) is 15.5. The van der Waals surface area contributed by atoms with Crippen molar-refractivity contribution in [1.29, 1.82) is 5.41 Å². The first-order valence-electron chi connectivity index (χ1n) is 9.16. The molecule has 0 aromatic heterocycles. The lowest BCUT2D eigenvalue weighted by Gasteiger charge is -2.27. The summed E-state index contributed by atoms with van der Waals surface area (Å²) in [6.07, 6.45) is 4.86. The van der Waals surface area contributed by atoms with E-state index < -0.39 is 17.9 Å². The van der Waals surface area contributed by atoms with Gasteiger partial charge in [-0.1, -0.05) is 43.5 Å². The van der Waals surface area contributed by atoms with E-state index in [0.29, 0.717) is 22.2 Å². The van der Waals surface area contributed by atoms with Crippen molar-refractivity contribution in [1.82, 2.24) is 5.32 Å². The maximum atomic E-state index is 12.8. The van der Waals surface area contributed by atoms with Crippen LogP contribution in [0.4, 0.5) is 0 Å². The summed E-state index contributed by atoms with van der Waals surface area (Å²) in [5.74, 6) is -0.263. The molecule has 27 heavy (non-hydrogen) atoms. The molecular weight excluding hydrogens is 364 g/mol. The Bertz CT molecular complexity index is 739. The maximum absolute atomic E-state index is 12.8. The predicted molar refractivity (Wildman–Crippen MR) is 107 cm³/mol. The lowest BCUT2D eigenvalue weighted by Crippen LogP contribution is -2.35. The van der Waals surface area contributed by atoms with Crippen LogP contribution < -0.4 is 16.8 Å². The van der Waals surface area contributed by atoms with E-state index in [1.807, 2.05) is 0 Å². The fraction of sp³-hybridized carbons (Fsp3) is 0.450. The molecule has 0 heterocycles. The molecule has 0 unspecified atom stereocenters. The van der Waals surface area contributed by atoms with E-state index in [1.54, 1.807) is 24.3 Å². The Morgan fingerprint density at radius 2 is 1.96 bits per heavy atom. The van der Waals surface area contributed by atoms with Crippen molar-refractivity contribution in [2.75, 3.05) is 0 Å². The number of hydrogen-bond donors (Lipinski definition) is 4. The van der Waals surface area contributed by atoms with E-state index in [0.717, 1.165) is 31.9 Å². The van der Waals surface area contributed by atoms with Gasteiger partial charge in [0.25, 0.3) is 5.91 Å². The number of hydrogen-bond acceptors (Lipinski definition) is 4. The van der Waals surface area contributed by atoms with Gasteiger partial charge in [0.05, 0.1) is 18.0 Å². The molecule has 0 saturated heterocycles. The number of amides is 2. The van der Waals surface area contributed by atoms with Crippen LogP contribution in [0.2, 0.25) is 5.02 Å². The molecule has 1 fully saturated rings. The second-order valence-electron chi connectivity index (χ2n) is 7.22. The summed E-state index contributed by atoms with van der Waals surface area (Å²) < 4.78 is 0. The van der Waals surface area contributed by atoms with Gasteiger partial charge in [0.15, 0.2) is 0 Å². The summed E-state index contributed by atoms with van der Waals surface area (Å²) in [7, 11) is 0. The van der Waals surface area contributed by atoms with Gasteiger partial charge in [-0.2, -0.15) is 0 Å². The van der Waals surface area contributed by atoms with Gasteiger partial charge in [-0.15, -0.1) is 0 Å². The number of halogens is 1. The number of rotatable bonds is 7. The molecule has 6 nitrogen and oxygen atoms in total. The zero-order valence-corrected chi connectivity index (χ0v) is 16.3. The Morgan fingerprint density at radius 1 is 1.30 bits per heavy atom. The highest BCUT2D eigenvalue weighted by molar-refractivity contribution is 6.30. The highest BCUT2D eigenvalue weighted by Crippen LogP contribution is 2.32. The van der Waals surface area contributed by atoms with Gasteiger partial charge >= 0.3 is 0 Å². The standard InChI is InChI=1S/C20H27ClN4O2/c1-12-5-7-13(8-6-12)19(24)16(11-22)20(27)25-17(10-18(23)26)14-3-2-4-15(21)9-14/h2-4,9,11-13,17,22H,5-8,10,24H2,1H3,(H2,23,26)(H,25,27)/b19-16+,22-11?/t12?,13?,17-/m0/s1. The highest BCUT2D eigenvalue weighted by Gasteiger charge is 2.25. The number of nitrogens with one attached hydrogen (secondary N) is 2. The van der Waals surface area contributed by atoms with Gasteiger partial charge in [0.2, 0.25) is 5.91 Å². The minimum absolute atomic E-state index is 0.0712. The summed E-state index contributed by atoms with van der Waals surface area (Å²) in [6, 6.07) is 6.25. The summed E-state index contributed by atoms with van der Waals surface area (Å²) in [4.78, 5) is 24.2. The van der Waals surface area contributed by atoms with Crippen molar-refractivity contribution in [2.45, 2.75) is 45.1 Å². The summed E-state index contributed by atoms with van der Waals surface area (Å²) in [5, 5.41) is 10.9. The fourth-order valence-corrected chi connectivity index (χ4v) is 3.68. The summed E-state index contributed by atoms with van der Waals surface area (Å²) in [5.41, 5.74) is 12.8. The summed E-state index contributed by atoms with van der Waals surface area (Å²) >= 11 is 6.02. The van der Waals surface area contributed by atoms with Crippen LogP contribution in [-0.2, 0) is 9.59 Å². The Morgan fingerprint density at radius 3 is 2.52 bits per heavy atom.